The van der Waals surface area contributed by atoms with Crippen molar-refractivity contribution in [2.24, 2.45) is 0 Å². The molecule has 1 rings (SSSR count). The van der Waals surface area contributed by atoms with Crippen LogP contribution in [0.2, 0.25) is 0 Å². The van der Waals surface area contributed by atoms with Crippen LogP contribution in [-0.4, -0.2) is 62.5 Å². The molecular weight excluding hydrogens is 228 g/mol. The maximum Gasteiger partial charge on any atom is 0.0700 e. The molecular formula is C14H30N2O2. The van der Waals surface area contributed by atoms with Gasteiger partial charge in [0.25, 0.3) is 0 Å². The molecule has 1 unspecified atom stereocenters. The van der Waals surface area contributed by atoms with E-state index in [1.165, 1.54) is 0 Å². The maximum atomic E-state index is 5.58. The molecule has 0 aromatic carbocycles. The molecule has 108 valence electrons. The van der Waals surface area contributed by atoms with Crippen molar-refractivity contribution in [3.63, 3.8) is 0 Å². The van der Waals surface area contributed by atoms with Crippen molar-refractivity contribution in [1.29, 1.82) is 0 Å². The number of ether oxygens (including phenoxy) is 2. The predicted molar refractivity (Wildman–Crippen MR) is 75.0 cm³/mol. The minimum Gasteiger partial charge on any atom is -0.382 e. The van der Waals surface area contributed by atoms with Crippen LogP contribution < -0.4 is 5.32 Å². The smallest absolute Gasteiger partial charge is 0.0700 e. The third-order valence-electron chi connectivity index (χ3n) is 4.06. The van der Waals surface area contributed by atoms with E-state index in [1.807, 2.05) is 0 Å². The Labute approximate surface area is 112 Å². The Kier molecular flexibility index (Phi) is 6.05. The van der Waals surface area contributed by atoms with Gasteiger partial charge in [0, 0.05) is 37.8 Å². The van der Waals surface area contributed by atoms with E-state index in [1.54, 1.807) is 7.11 Å². The minimum absolute atomic E-state index is 0.208. The Morgan fingerprint density at radius 2 is 1.89 bits per heavy atom. The average molecular weight is 258 g/mol. The van der Waals surface area contributed by atoms with Crippen molar-refractivity contribution in [1.82, 2.24) is 10.2 Å². The fraction of sp³-hybridized carbons (Fsp3) is 1.00. The van der Waals surface area contributed by atoms with Gasteiger partial charge in [0.1, 0.15) is 0 Å². The molecule has 0 saturated carbocycles. The lowest BCUT2D eigenvalue weighted by Gasteiger charge is -2.50. The Morgan fingerprint density at radius 1 is 1.17 bits per heavy atom. The Morgan fingerprint density at radius 3 is 2.50 bits per heavy atom. The van der Waals surface area contributed by atoms with Crippen LogP contribution in [0.25, 0.3) is 0 Å². The topological polar surface area (TPSA) is 33.7 Å². The first-order valence-electron chi connectivity index (χ1n) is 7.00. The van der Waals surface area contributed by atoms with Gasteiger partial charge in [-0.1, -0.05) is 6.92 Å². The van der Waals surface area contributed by atoms with E-state index in [2.05, 4.69) is 37.9 Å². The fourth-order valence-electron chi connectivity index (χ4n) is 2.27. The van der Waals surface area contributed by atoms with Crippen molar-refractivity contribution < 1.29 is 9.47 Å². The van der Waals surface area contributed by atoms with Gasteiger partial charge >= 0.3 is 0 Å². The molecule has 0 aromatic rings. The Hall–Kier alpha value is -0.160. The van der Waals surface area contributed by atoms with Gasteiger partial charge in [-0.2, -0.15) is 0 Å². The van der Waals surface area contributed by atoms with Crippen molar-refractivity contribution in [3.8, 4) is 0 Å². The molecule has 1 N–H and O–H groups in total. The van der Waals surface area contributed by atoms with Gasteiger partial charge in [0.2, 0.25) is 0 Å². The molecule has 1 aliphatic rings. The normalized spacial score (nSPS) is 28.5. The zero-order valence-electron chi connectivity index (χ0n) is 12.7. The van der Waals surface area contributed by atoms with Crippen LogP contribution in [0.5, 0.6) is 0 Å². The molecule has 1 atom stereocenters. The molecule has 4 heteroatoms. The second-order valence-corrected chi connectivity index (χ2v) is 6.11. The number of nitrogens with zero attached hydrogens (tertiary/aromatic N) is 1. The lowest BCUT2D eigenvalue weighted by atomic mass is 9.88. The third kappa shape index (κ3) is 4.50. The van der Waals surface area contributed by atoms with Gasteiger partial charge in [0.15, 0.2) is 0 Å². The summed E-state index contributed by atoms with van der Waals surface area (Å²) in [7, 11) is 1.70. The van der Waals surface area contributed by atoms with Crippen molar-refractivity contribution in [2.45, 2.75) is 45.2 Å². The molecule has 4 nitrogen and oxygen atoms in total. The van der Waals surface area contributed by atoms with Crippen LogP contribution >= 0.6 is 0 Å². The van der Waals surface area contributed by atoms with E-state index in [4.69, 9.17) is 9.47 Å². The van der Waals surface area contributed by atoms with Gasteiger partial charge in [-0.15, -0.1) is 0 Å². The minimum atomic E-state index is 0.208. The molecule has 1 saturated heterocycles. The summed E-state index contributed by atoms with van der Waals surface area (Å²) in [5.41, 5.74) is 0.446. The fourth-order valence-corrected chi connectivity index (χ4v) is 2.27. The number of piperazine rings is 1. The van der Waals surface area contributed by atoms with E-state index in [0.717, 1.165) is 32.7 Å². The summed E-state index contributed by atoms with van der Waals surface area (Å²) in [4.78, 5) is 2.54. The molecule has 1 fully saturated rings. The summed E-state index contributed by atoms with van der Waals surface area (Å²) in [5, 5.41) is 3.67. The van der Waals surface area contributed by atoms with E-state index in [0.29, 0.717) is 13.2 Å². The first kappa shape index (κ1) is 15.9. The average Bonchev–Trinajstić information content (AvgIpc) is 2.34. The van der Waals surface area contributed by atoms with Crippen LogP contribution in [0.1, 0.15) is 34.1 Å². The van der Waals surface area contributed by atoms with Crippen LogP contribution in [0.3, 0.4) is 0 Å². The largest absolute Gasteiger partial charge is 0.382 e. The molecule has 1 heterocycles. The zero-order valence-corrected chi connectivity index (χ0v) is 12.7. The molecule has 0 aliphatic carbocycles. The summed E-state index contributed by atoms with van der Waals surface area (Å²) in [5.74, 6) is 0. The SMILES string of the molecule is CCC1(C)CN(CCOCCOC)C(C)(C)CN1. The second-order valence-electron chi connectivity index (χ2n) is 6.11. The quantitative estimate of drug-likeness (QED) is 0.702. The summed E-state index contributed by atoms with van der Waals surface area (Å²) < 4.78 is 10.6. The van der Waals surface area contributed by atoms with Crippen LogP contribution in [0, 0.1) is 0 Å². The van der Waals surface area contributed by atoms with E-state index in [-0.39, 0.29) is 11.1 Å². The highest BCUT2D eigenvalue weighted by atomic mass is 16.5. The van der Waals surface area contributed by atoms with E-state index in [9.17, 15) is 0 Å². The molecule has 0 bridgehead atoms. The van der Waals surface area contributed by atoms with E-state index < -0.39 is 0 Å². The van der Waals surface area contributed by atoms with Gasteiger partial charge in [-0.25, -0.2) is 0 Å². The molecule has 0 spiro atoms. The van der Waals surface area contributed by atoms with E-state index >= 15 is 0 Å². The van der Waals surface area contributed by atoms with Crippen molar-refractivity contribution in [3.05, 3.63) is 0 Å². The molecule has 18 heavy (non-hydrogen) atoms. The Bertz CT molecular complexity index is 246. The zero-order chi connectivity index (χ0) is 13.6. The second kappa shape index (κ2) is 6.85. The third-order valence-corrected chi connectivity index (χ3v) is 4.06. The first-order chi connectivity index (χ1) is 8.43. The molecule has 0 amide bonds. The number of nitrogens with one attached hydrogen (secondary N) is 1. The van der Waals surface area contributed by atoms with Gasteiger partial charge in [0.05, 0.1) is 19.8 Å². The lowest BCUT2D eigenvalue weighted by Crippen LogP contribution is -2.67. The van der Waals surface area contributed by atoms with Crippen molar-refractivity contribution in [2.75, 3.05) is 46.6 Å². The van der Waals surface area contributed by atoms with Crippen LogP contribution in [0.4, 0.5) is 0 Å². The monoisotopic (exact) mass is 258 g/mol. The van der Waals surface area contributed by atoms with Crippen molar-refractivity contribution >= 4 is 0 Å². The highest BCUT2D eigenvalue weighted by Gasteiger charge is 2.38. The summed E-state index contributed by atoms with van der Waals surface area (Å²) in [6.45, 7) is 14.4. The Balaban J connectivity index is 2.39. The summed E-state index contributed by atoms with van der Waals surface area (Å²) in [6.07, 6.45) is 1.16. The maximum absolute atomic E-state index is 5.58. The van der Waals surface area contributed by atoms with Crippen LogP contribution in [-0.2, 0) is 9.47 Å². The first-order valence-corrected chi connectivity index (χ1v) is 7.00. The molecule has 0 radical (unpaired) electrons. The standard InChI is InChI=1S/C14H30N2O2/c1-6-14(4)12-16(13(2,3)11-15-14)7-8-18-10-9-17-5/h15H,6-12H2,1-5H3. The molecule has 1 aliphatic heterocycles. The van der Waals surface area contributed by atoms with Crippen LogP contribution in [0.15, 0.2) is 0 Å². The predicted octanol–water partition coefficient (Wildman–Crippen LogP) is 1.50. The summed E-state index contributed by atoms with van der Waals surface area (Å²) in [6, 6.07) is 0. The number of hydrogen-bond donors (Lipinski definition) is 1. The lowest BCUT2D eigenvalue weighted by molar-refractivity contribution is -0.00237. The van der Waals surface area contributed by atoms with Gasteiger partial charge in [-0.3, -0.25) is 4.90 Å². The highest BCUT2D eigenvalue weighted by molar-refractivity contribution is 4.98. The van der Waals surface area contributed by atoms with Gasteiger partial charge < -0.3 is 14.8 Å². The summed E-state index contributed by atoms with van der Waals surface area (Å²) >= 11 is 0. The van der Waals surface area contributed by atoms with Gasteiger partial charge in [-0.05, 0) is 27.2 Å². The number of methoxy groups -OCH3 is 1. The molecule has 0 aromatic heterocycles. The number of rotatable bonds is 7. The highest BCUT2D eigenvalue weighted by Crippen LogP contribution is 2.25. The number of hydrogen-bond acceptors (Lipinski definition) is 4.